The second-order valence-corrected chi connectivity index (χ2v) is 7.42. The molecule has 2 rings (SSSR count). The number of halogens is 1. The van der Waals surface area contributed by atoms with Gasteiger partial charge in [0.05, 0.1) is 13.2 Å². The molecular formula is C21H32IN3O2S. The van der Waals surface area contributed by atoms with Crippen LogP contribution in [-0.4, -0.2) is 39.4 Å². The number of methoxy groups -OCH3 is 1. The van der Waals surface area contributed by atoms with E-state index in [2.05, 4.69) is 67.1 Å². The number of hydrogen-bond acceptors (Lipinski definition) is 4. The van der Waals surface area contributed by atoms with Gasteiger partial charge in [-0.1, -0.05) is 25.1 Å². The van der Waals surface area contributed by atoms with Crippen LogP contribution >= 0.6 is 35.3 Å². The lowest BCUT2D eigenvalue weighted by atomic mass is 10.1. The summed E-state index contributed by atoms with van der Waals surface area (Å²) in [5.41, 5.74) is 2.24. The Hall–Kier alpha value is -1.32. The van der Waals surface area contributed by atoms with Gasteiger partial charge in [-0.15, -0.1) is 35.3 Å². The van der Waals surface area contributed by atoms with Gasteiger partial charge in [0, 0.05) is 36.6 Å². The fraction of sp³-hybridized carbons (Fsp3) is 0.476. The van der Waals surface area contributed by atoms with E-state index in [1.165, 1.54) is 10.4 Å². The van der Waals surface area contributed by atoms with Gasteiger partial charge in [-0.25, -0.2) is 4.99 Å². The zero-order valence-corrected chi connectivity index (χ0v) is 20.3. The molecule has 2 aromatic rings. The molecule has 0 radical (unpaired) electrons. The van der Waals surface area contributed by atoms with Gasteiger partial charge in [0.1, 0.15) is 12.4 Å². The van der Waals surface area contributed by atoms with E-state index < -0.39 is 0 Å². The molecule has 28 heavy (non-hydrogen) atoms. The Morgan fingerprint density at radius 3 is 2.71 bits per heavy atom. The Labute approximate surface area is 190 Å². The van der Waals surface area contributed by atoms with Crippen LogP contribution in [0.25, 0.3) is 0 Å². The van der Waals surface area contributed by atoms with E-state index in [1.54, 1.807) is 18.4 Å². The van der Waals surface area contributed by atoms with Crippen molar-refractivity contribution in [3.8, 4) is 5.75 Å². The lowest BCUT2D eigenvalue weighted by Gasteiger charge is -2.16. The number of rotatable bonds is 10. The molecule has 0 aliphatic heterocycles. The van der Waals surface area contributed by atoms with Crippen LogP contribution in [0.2, 0.25) is 0 Å². The molecule has 1 aromatic heterocycles. The van der Waals surface area contributed by atoms with E-state index in [0.717, 1.165) is 30.4 Å². The van der Waals surface area contributed by atoms with Crippen molar-refractivity contribution in [3.63, 3.8) is 0 Å². The summed E-state index contributed by atoms with van der Waals surface area (Å²) in [4.78, 5) is 6.12. The molecule has 1 atom stereocenters. The first kappa shape index (κ1) is 24.7. The molecule has 0 amide bonds. The van der Waals surface area contributed by atoms with E-state index in [0.29, 0.717) is 25.7 Å². The molecule has 0 fully saturated rings. The lowest BCUT2D eigenvalue weighted by Crippen LogP contribution is -2.39. The van der Waals surface area contributed by atoms with Crippen LogP contribution in [0.3, 0.4) is 0 Å². The number of nitrogens with zero attached hydrogens (tertiary/aromatic N) is 1. The SMILES string of the molecule is CCNC(=NCc1ccc(C)cc1OCCOC)NCC(C)c1cccs1.I. The largest absolute Gasteiger partial charge is 0.491 e. The third-order valence-corrected chi connectivity index (χ3v) is 5.23. The van der Waals surface area contributed by atoms with E-state index in [4.69, 9.17) is 14.5 Å². The van der Waals surface area contributed by atoms with E-state index in [9.17, 15) is 0 Å². The number of aliphatic imine (C=N–C) groups is 1. The standard InChI is InChI=1S/C21H31N3O2S.HI/c1-5-22-21(23-14-17(3)20-7-6-12-27-20)24-15-18-9-8-16(2)13-19(18)26-11-10-25-4;/h6-9,12-13,17H,5,10-11,14-15H2,1-4H3,(H2,22,23,24);1H. The van der Waals surface area contributed by atoms with E-state index in [-0.39, 0.29) is 24.0 Å². The summed E-state index contributed by atoms with van der Waals surface area (Å²) >= 11 is 1.79. The Morgan fingerprint density at radius 2 is 2.04 bits per heavy atom. The molecule has 0 spiro atoms. The summed E-state index contributed by atoms with van der Waals surface area (Å²) in [5, 5.41) is 8.88. The van der Waals surface area contributed by atoms with Gasteiger partial charge in [0.15, 0.2) is 5.96 Å². The number of benzene rings is 1. The molecule has 0 aliphatic rings. The number of hydrogen-bond donors (Lipinski definition) is 2. The summed E-state index contributed by atoms with van der Waals surface area (Å²) in [6.07, 6.45) is 0. The Kier molecular flexibility index (Phi) is 12.2. The Morgan fingerprint density at radius 1 is 1.21 bits per heavy atom. The van der Waals surface area contributed by atoms with Crippen LogP contribution in [0, 0.1) is 6.92 Å². The third kappa shape index (κ3) is 8.36. The fourth-order valence-electron chi connectivity index (χ4n) is 2.59. The molecule has 0 saturated heterocycles. The van der Waals surface area contributed by atoms with Crippen LogP contribution in [0.15, 0.2) is 40.7 Å². The number of thiophene rings is 1. The number of nitrogens with one attached hydrogen (secondary N) is 2. The fourth-order valence-corrected chi connectivity index (χ4v) is 3.38. The van der Waals surface area contributed by atoms with Crippen molar-refractivity contribution in [2.45, 2.75) is 33.2 Å². The van der Waals surface area contributed by atoms with Crippen LogP contribution in [-0.2, 0) is 11.3 Å². The van der Waals surface area contributed by atoms with E-state index >= 15 is 0 Å². The molecule has 0 aliphatic carbocycles. The van der Waals surface area contributed by atoms with Crippen LogP contribution in [0.4, 0.5) is 0 Å². The highest BCUT2D eigenvalue weighted by molar-refractivity contribution is 14.0. The van der Waals surface area contributed by atoms with E-state index in [1.807, 2.05) is 0 Å². The first-order valence-electron chi connectivity index (χ1n) is 9.40. The van der Waals surface area contributed by atoms with Gasteiger partial charge in [0.25, 0.3) is 0 Å². The van der Waals surface area contributed by atoms with Gasteiger partial charge in [0.2, 0.25) is 0 Å². The van der Waals surface area contributed by atoms with Gasteiger partial charge in [-0.3, -0.25) is 0 Å². The molecule has 5 nitrogen and oxygen atoms in total. The molecule has 2 N–H and O–H groups in total. The second kappa shape index (κ2) is 13.8. The van der Waals surface area contributed by atoms with Crippen molar-refractivity contribution in [3.05, 3.63) is 51.7 Å². The van der Waals surface area contributed by atoms with Crippen molar-refractivity contribution in [2.75, 3.05) is 33.4 Å². The van der Waals surface area contributed by atoms with Crippen LogP contribution in [0.1, 0.15) is 35.8 Å². The highest BCUT2D eigenvalue weighted by Gasteiger charge is 2.08. The predicted molar refractivity (Wildman–Crippen MR) is 130 cm³/mol. The van der Waals surface area contributed by atoms with Crippen molar-refractivity contribution in [2.24, 2.45) is 4.99 Å². The minimum atomic E-state index is 0. The average molecular weight is 517 g/mol. The average Bonchev–Trinajstić information content (AvgIpc) is 3.20. The number of ether oxygens (including phenoxy) is 2. The maximum absolute atomic E-state index is 5.86. The summed E-state index contributed by atoms with van der Waals surface area (Å²) in [6, 6.07) is 10.5. The van der Waals surface area contributed by atoms with Gasteiger partial charge in [-0.2, -0.15) is 0 Å². The quantitative estimate of drug-likeness (QED) is 0.210. The second-order valence-electron chi connectivity index (χ2n) is 6.44. The minimum absolute atomic E-state index is 0. The van der Waals surface area contributed by atoms with Crippen molar-refractivity contribution >= 4 is 41.3 Å². The highest BCUT2D eigenvalue weighted by atomic mass is 127. The summed E-state index contributed by atoms with van der Waals surface area (Å²) in [6.45, 7) is 9.70. The Bertz CT molecular complexity index is 708. The number of guanidine groups is 1. The van der Waals surface area contributed by atoms with Gasteiger partial charge >= 0.3 is 0 Å². The highest BCUT2D eigenvalue weighted by Crippen LogP contribution is 2.22. The normalized spacial score (nSPS) is 12.2. The van der Waals surface area contributed by atoms with Crippen molar-refractivity contribution in [1.82, 2.24) is 10.6 Å². The maximum Gasteiger partial charge on any atom is 0.191 e. The first-order chi connectivity index (χ1) is 13.1. The molecule has 1 unspecified atom stereocenters. The monoisotopic (exact) mass is 517 g/mol. The smallest absolute Gasteiger partial charge is 0.191 e. The summed E-state index contributed by atoms with van der Waals surface area (Å²) in [7, 11) is 1.68. The lowest BCUT2D eigenvalue weighted by molar-refractivity contribution is 0.145. The van der Waals surface area contributed by atoms with Crippen molar-refractivity contribution < 1.29 is 9.47 Å². The maximum atomic E-state index is 5.86. The predicted octanol–water partition coefficient (Wildman–Crippen LogP) is 4.56. The molecule has 1 heterocycles. The summed E-state index contributed by atoms with van der Waals surface area (Å²) < 4.78 is 10.9. The first-order valence-corrected chi connectivity index (χ1v) is 10.3. The van der Waals surface area contributed by atoms with Crippen LogP contribution in [0.5, 0.6) is 5.75 Å². The molecule has 156 valence electrons. The van der Waals surface area contributed by atoms with Gasteiger partial charge in [-0.05, 0) is 36.9 Å². The van der Waals surface area contributed by atoms with Gasteiger partial charge < -0.3 is 20.1 Å². The molecule has 1 aromatic carbocycles. The topological polar surface area (TPSA) is 54.9 Å². The summed E-state index contributed by atoms with van der Waals surface area (Å²) in [5.74, 6) is 2.14. The number of aryl methyl sites for hydroxylation is 1. The molecule has 0 bridgehead atoms. The molecule has 0 saturated carbocycles. The van der Waals surface area contributed by atoms with Crippen molar-refractivity contribution in [1.29, 1.82) is 0 Å². The molecular weight excluding hydrogens is 485 g/mol. The zero-order chi connectivity index (χ0) is 19.5. The van der Waals surface area contributed by atoms with Crippen LogP contribution < -0.4 is 15.4 Å². The third-order valence-electron chi connectivity index (χ3n) is 4.12. The zero-order valence-electron chi connectivity index (χ0n) is 17.2. The minimum Gasteiger partial charge on any atom is -0.491 e. The Balaban J connectivity index is 0.00000392. The molecule has 7 heteroatoms.